The highest BCUT2D eigenvalue weighted by Crippen LogP contribution is 2.30. The van der Waals surface area contributed by atoms with Crippen molar-refractivity contribution >= 4 is 24.8 Å². The van der Waals surface area contributed by atoms with E-state index in [4.69, 9.17) is 9.47 Å². The average Bonchev–Trinajstić information content (AvgIpc) is 2.85. The minimum atomic E-state index is 0. The molecule has 2 aliphatic rings. The highest BCUT2D eigenvalue weighted by Gasteiger charge is 2.19. The maximum atomic E-state index is 6.23. The number of nitrogens with zero attached hydrogens (tertiary/aromatic N) is 3. The van der Waals surface area contributed by atoms with Crippen LogP contribution in [0.2, 0.25) is 0 Å². The molecule has 2 heterocycles. The van der Waals surface area contributed by atoms with Gasteiger partial charge in [-0.3, -0.25) is 0 Å². The molecule has 1 saturated heterocycles. The number of hydrogen-bond donors (Lipinski definition) is 0. The topological polar surface area (TPSA) is 47.5 Å². The van der Waals surface area contributed by atoms with Crippen LogP contribution in [0.15, 0.2) is 30.3 Å². The van der Waals surface area contributed by atoms with Crippen molar-refractivity contribution in [2.24, 2.45) is 0 Å². The zero-order valence-electron chi connectivity index (χ0n) is 21.4. The fourth-order valence-electron chi connectivity index (χ4n) is 5.15. The molecule has 0 amide bonds. The van der Waals surface area contributed by atoms with Gasteiger partial charge >= 0.3 is 0 Å². The van der Waals surface area contributed by atoms with Crippen LogP contribution in [0.3, 0.4) is 0 Å². The van der Waals surface area contributed by atoms with Gasteiger partial charge in [-0.15, -0.1) is 29.9 Å². The van der Waals surface area contributed by atoms with E-state index in [1.807, 2.05) is 0 Å². The molecule has 0 spiro atoms. The van der Waals surface area contributed by atoms with E-state index >= 15 is 0 Å². The minimum absolute atomic E-state index is 0. The molecule has 35 heavy (non-hydrogen) atoms. The summed E-state index contributed by atoms with van der Waals surface area (Å²) < 4.78 is 12.3. The third-order valence-electron chi connectivity index (χ3n) is 7.26. The molecule has 7 heteroatoms. The quantitative estimate of drug-likeness (QED) is 0.327. The normalized spacial score (nSPS) is 18.9. The van der Waals surface area contributed by atoms with Gasteiger partial charge in [0.2, 0.25) is 5.88 Å². The van der Waals surface area contributed by atoms with Crippen LogP contribution in [0, 0.1) is 0 Å². The smallest absolute Gasteiger partial charge is 0.234 e. The lowest BCUT2D eigenvalue weighted by Gasteiger charge is -2.32. The monoisotopic (exact) mass is 523 g/mol. The predicted molar refractivity (Wildman–Crippen MR) is 148 cm³/mol. The fraction of sp³-hybridized carbons (Fsp3) is 0.643. The van der Waals surface area contributed by atoms with Gasteiger partial charge in [-0.25, -0.2) is 0 Å². The predicted octanol–water partition coefficient (Wildman–Crippen LogP) is 7.29. The molecule has 1 aromatic heterocycles. The Labute approximate surface area is 224 Å². The first-order valence-electron chi connectivity index (χ1n) is 13.2. The first-order valence-corrected chi connectivity index (χ1v) is 13.2. The zero-order valence-corrected chi connectivity index (χ0v) is 23.0. The van der Waals surface area contributed by atoms with Gasteiger partial charge in [-0.1, -0.05) is 38.3 Å². The highest BCUT2D eigenvalue weighted by molar-refractivity contribution is 5.85. The molecule has 4 rings (SSSR count). The second-order valence-corrected chi connectivity index (χ2v) is 9.82. The van der Waals surface area contributed by atoms with Crippen molar-refractivity contribution in [3.05, 3.63) is 36.0 Å². The molecular weight excluding hydrogens is 481 g/mol. The summed E-state index contributed by atoms with van der Waals surface area (Å²) in [5, 5.41) is 8.98. The van der Waals surface area contributed by atoms with Gasteiger partial charge in [0.1, 0.15) is 5.75 Å². The summed E-state index contributed by atoms with van der Waals surface area (Å²) in [7, 11) is 2.23. The van der Waals surface area contributed by atoms with Crippen molar-refractivity contribution in [1.29, 1.82) is 0 Å². The number of aromatic nitrogens is 2. The third-order valence-corrected chi connectivity index (χ3v) is 7.26. The van der Waals surface area contributed by atoms with Crippen LogP contribution in [0.1, 0.15) is 83.2 Å². The Morgan fingerprint density at radius 3 is 2.40 bits per heavy atom. The van der Waals surface area contributed by atoms with Crippen molar-refractivity contribution < 1.29 is 9.47 Å². The molecule has 1 aliphatic heterocycles. The summed E-state index contributed by atoms with van der Waals surface area (Å²) in [5.74, 6) is 1.60. The van der Waals surface area contributed by atoms with E-state index in [0.717, 1.165) is 48.3 Å². The molecule has 196 valence electrons. The lowest BCUT2D eigenvalue weighted by atomic mass is 9.97. The van der Waals surface area contributed by atoms with Gasteiger partial charge in [-0.2, -0.15) is 5.10 Å². The Bertz CT molecular complexity index is 860. The molecule has 2 aromatic rings. The van der Waals surface area contributed by atoms with Gasteiger partial charge in [-0.05, 0) is 89.1 Å². The van der Waals surface area contributed by atoms with E-state index in [2.05, 4.69) is 59.4 Å². The van der Waals surface area contributed by atoms with Crippen molar-refractivity contribution in [3.8, 4) is 22.8 Å². The van der Waals surface area contributed by atoms with Crippen molar-refractivity contribution in [3.63, 3.8) is 0 Å². The number of rotatable bonds is 10. The molecule has 5 nitrogen and oxygen atoms in total. The number of halogens is 2. The molecule has 1 aromatic carbocycles. The summed E-state index contributed by atoms with van der Waals surface area (Å²) in [6, 6.07) is 11.2. The summed E-state index contributed by atoms with van der Waals surface area (Å²) in [5.41, 5.74) is 3.34. The van der Waals surface area contributed by atoms with Crippen LogP contribution < -0.4 is 9.47 Å². The third kappa shape index (κ3) is 8.80. The lowest BCUT2D eigenvalue weighted by molar-refractivity contribution is 0.151. The molecule has 0 N–H and O–H groups in total. The zero-order chi connectivity index (χ0) is 22.9. The summed E-state index contributed by atoms with van der Waals surface area (Å²) >= 11 is 0. The number of ether oxygens (including phenoxy) is 2. The lowest BCUT2D eigenvalue weighted by Crippen LogP contribution is -2.37. The Hall–Kier alpha value is -1.56. The Morgan fingerprint density at radius 1 is 0.943 bits per heavy atom. The van der Waals surface area contributed by atoms with Crippen LogP contribution in [0.25, 0.3) is 11.1 Å². The number of unbranched alkanes of at least 4 members (excludes halogenated alkanes) is 1. The summed E-state index contributed by atoms with van der Waals surface area (Å²) in [6.45, 7) is 4.09. The second-order valence-electron chi connectivity index (χ2n) is 9.82. The second kappa shape index (κ2) is 15.5. The van der Waals surface area contributed by atoms with Crippen LogP contribution in [-0.4, -0.2) is 47.4 Å². The van der Waals surface area contributed by atoms with E-state index < -0.39 is 0 Å². The SMILES string of the molecule is CCCCc1nnc(OCC[C@H]2CCCCN2C)cc1-c1ccc(OC2CCCCC2)cc1.Cl.Cl. The van der Waals surface area contributed by atoms with E-state index in [1.165, 1.54) is 57.9 Å². The number of hydrogen-bond acceptors (Lipinski definition) is 5. The van der Waals surface area contributed by atoms with Crippen molar-refractivity contribution in [1.82, 2.24) is 15.1 Å². The average molecular weight is 525 g/mol. The molecule has 1 aliphatic carbocycles. The standard InChI is InChI=1S/C28H41N3O2.2ClH/c1-3-4-13-27-26(22-14-16-25(17-15-22)33-24-11-6-5-7-12-24)21-28(30-29-27)32-20-18-23-10-8-9-19-31(23)2;;/h14-17,21,23-24H,3-13,18-20H2,1-2H3;2*1H/t23-;;/m1../s1. The minimum Gasteiger partial charge on any atom is -0.490 e. The van der Waals surface area contributed by atoms with Crippen LogP contribution >= 0.6 is 24.8 Å². The van der Waals surface area contributed by atoms with Gasteiger partial charge in [0, 0.05) is 17.7 Å². The molecule has 2 fully saturated rings. The Morgan fingerprint density at radius 2 is 1.69 bits per heavy atom. The number of piperidine rings is 1. The fourth-order valence-corrected chi connectivity index (χ4v) is 5.15. The van der Waals surface area contributed by atoms with E-state index in [0.29, 0.717) is 24.6 Å². The molecule has 1 atom stereocenters. The van der Waals surface area contributed by atoms with Gasteiger partial charge in [0.15, 0.2) is 0 Å². The Kier molecular flexibility index (Phi) is 13.2. The van der Waals surface area contributed by atoms with Gasteiger partial charge in [0.05, 0.1) is 18.4 Å². The summed E-state index contributed by atoms with van der Waals surface area (Å²) in [6.07, 6.45) is 14.8. The maximum Gasteiger partial charge on any atom is 0.234 e. The van der Waals surface area contributed by atoms with Gasteiger partial charge in [0.25, 0.3) is 0 Å². The largest absolute Gasteiger partial charge is 0.490 e. The number of likely N-dealkylation sites (tertiary alicyclic amines) is 1. The van der Waals surface area contributed by atoms with E-state index in [-0.39, 0.29) is 24.8 Å². The van der Waals surface area contributed by atoms with Gasteiger partial charge < -0.3 is 14.4 Å². The summed E-state index contributed by atoms with van der Waals surface area (Å²) in [4.78, 5) is 2.47. The highest BCUT2D eigenvalue weighted by atomic mass is 35.5. The number of aryl methyl sites for hydroxylation is 1. The van der Waals surface area contributed by atoms with Crippen LogP contribution in [-0.2, 0) is 6.42 Å². The maximum absolute atomic E-state index is 6.23. The van der Waals surface area contributed by atoms with Crippen molar-refractivity contribution in [2.75, 3.05) is 20.2 Å². The molecular formula is C28H43Cl2N3O2. The first-order chi connectivity index (χ1) is 16.2. The molecule has 1 saturated carbocycles. The first kappa shape index (κ1) is 29.7. The van der Waals surface area contributed by atoms with E-state index in [9.17, 15) is 0 Å². The van der Waals surface area contributed by atoms with Crippen molar-refractivity contribution in [2.45, 2.75) is 96.1 Å². The number of benzene rings is 1. The van der Waals surface area contributed by atoms with Crippen LogP contribution in [0.4, 0.5) is 0 Å². The molecule has 0 unspecified atom stereocenters. The van der Waals surface area contributed by atoms with Crippen LogP contribution in [0.5, 0.6) is 11.6 Å². The van der Waals surface area contributed by atoms with E-state index in [1.54, 1.807) is 0 Å². The molecule has 0 radical (unpaired) electrons. The Balaban J connectivity index is 0.00000216. The molecule has 0 bridgehead atoms.